The van der Waals surface area contributed by atoms with Crippen LogP contribution in [-0.2, 0) is 6.54 Å². The van der Waals surface area contributed by atoms with Crippen molar-refractivity contribution in [2.24, 2.45) is 0 Å². The van der Waals surface area contributed by atoms with E-state index in [9.17, 15) is 4.39 Å². The van der Waals surface area contributed by atoms with Crippen molar-refractivity contribution in [3.63, 3.8) is 0 Å². The van der Waals surface area contributed by atoms with Crippen molar-refractivity contribution in [2.75, 3.05) is 20.1 Å². The van der Waals surface area contributed by atoms with Crippen molar-refractivity contribution in [2.45, 2.75) is 26.4 Å². The molecule has 4 heteroatoms. The Labute approximate surface area is 96.7 Å². The molecule has 0 aliphatic rings. The van der Waals surface area contributed by atoms with E-state index in [0.717, 1.165) is 13.1 Å². The SMILES string of the molecule is CC(C)NCCN(C)Cc1ccncc1F. The van der Waals surface area contributed by atoms with E-state index in [1.165, 1.54) is 6.20 Å². The van der Waals surface area contributed by atoms with Gasteiger partial charge in [0.1, 0.15) is 5.82 Å². The van der Waals surface area contributed by atoms with Gasteiger partial charge in [0.2, 0.25) is 0 Å². The highest BCUT2D eigenvalue weighted by molar-refractivity contribution is 5.12. The van der Waals surface area contributed by atoms with E-state index in [1.54, 1.807) is 12.3 Å². The third kappa shape index (κ3) is 4.68. The standard InChI is InChI=1S/C12H20FN3/c1-10(2)15-6-7-16(3)9-11-4-5-14-8-12(11)13/h4-5,8,10,15H,6-7,9H2,1-3H3. The van der Waals surface area contributed by atoms with Crippen molar-refractivity contribution in [1.29, 1.82) is 0 Å². The van der Waals surface area contributed by atoms with Gasteiger partial charge in [-0.2, -0.15) is 0 Å². The van der Waals surface area contributed by atoms with E-state index < -0.39 is 0 Å². The molecule has 1 aromatic rings. The minimum atomic E-state index is -0.230. The van der Waals surface area contributed by atoms with Gasteiger partial charge in [-0.1, -0.05) is 13.8 Å². The Kier molecular flexibility index (Phi) is 5.35. The van der Waals surface area contributed by atoms with E-state index >= 15 is 0 Å². The maximum atomic E-state index is 13.3. The average molecular weight is 225 g/mol. The first-order valence-corrected chi connectivity index (χ1v) is 5.60. The summed E-state index contributed by atoms with van der Waals surface area (Å²) in [6.45, 7) is 6.67. The molecule has 1 rings (SSSR count). The lowest BCUT2D eigenvalue weighted by Crippen LogP contribution is -2.32. The van der Waals surface area contributed by atoms with Crippen molar-refractivity contribution < 1.29 is 4.39 Å². The smallest absolute Gasteiger partial charge is 0.145 e. The lowest BCUT2D eigenvalue weighted by atomic mass is 10.2. The number of likely N-dealkylation sites (N-methyl/N-ethyl adjacent to an activating group) is 1. The van der Waals surface area contributed by atoms with Crippen LogP contribution in [0.15, 0.2) is 18.5 Å². The highest BCUT2D eigenvalue weighted by atomic mass is 19.1. The van der Waals surface area contributed by atoms with Crippen LogP contribution in [0.3, 0.4) is 0 Å². The Bertz CT molecular complexity index is 315. The highest BCUT2D eigenvalue weighted by Crippen LogP contribution is 2.06. The fraction of sp³-hybridized carbons (Fsp3) is 0.583. The van der Waals surface area contributed by atoms with Gasteiger partial charge in [-0.15, -0.1) is 0 Å². The number of nitrogens with zero attached hydrogens (tertiary/aromatic N) is 2. The number of pyridine rings is 1. The van der Waals surface area contributed by atoms with E-state index in [0.29, 0.717) is 18.2 Å². The zero-order valence-corrected chi connectivity index (χ0v) is 10.2. The van der Waals surface area contributed by atoms with Crippen LogP contribution in [0.5, 0.6) is 0 Å². The molecular weight excluding hydrogens is 205 g/mol. The molecule has 0 saturated carbocycles. The van der Waals surface area contributed by atoms with Crippen LogP contribution < -0.4 is 5.32 Å². The van der Waals surface area contributed by atoms with Gasteiger partial charge in [0.05, 0.1) is 6.20 Å². The molecule has 0 radical (unpaired) electrons. The quantitative estimate of drug-likeness (QED) is 0.798. The Balaban J connectivity index is 2.34. The summed E-state index contributed by atoms with van der Waals surface area (Å²) in [7, 11) is 1.99. The predicted octanol–water partition coefficient (Wildman–Crippen LogP) is 1.65. The predicted molar refractivity (Wildman–Crippen MR) is 63.7 cm³/mol. The first-order valence-electron chi connectivity index (χ1n) is 5.60. The number of nitrogens with one attached hydrogen (secondary N) is 1. The van der Waals surface area contributed by atoms with Gasteiger partial charge in [-0.3, -0.25) is 4.98 Å². The second kappa shape index (κ2) is 6.55. The fourth-order valence-corrected chi connectivity index (χ4v) is 1.45. The molecule has 0 fully saturated rings. The van der Waals surface area contributed by atoms with Gasteiger partial charge in [-0.25, -0.2) is 4.39 Å². The molecule has 0 aliphatic heterocycles. The molecule has 0 atom stereocenters. The Morgan fingerprint density at radius 1 is 1.50 bits per heavy atom. The molecule has 0 saturated heterocycles. The van der Waals surface area contributed by atoms with Gasteiger partial charge < -0.3 is 10.2 Å². The zero-order chi connectivity index (χ0) is 12.0. The minimum absolute atomic E-state index is 0.230. The molecule has 0 amide bonds. The molecule has 0 spiro atoms. The van der Waals surface area contributed by atoms with Gasteiger partial charge in [0.15, 0.2) is 0 Å². The summed E-state index contributed by atoms with van der Waals surface area (Å²) >= 11 is 0. The summed E-state index contributed by atoms with van der Waals surface area (Å²) < 4.78 is 13.3. The normalized spacial score (nSPS) is 11.4. The molecule has 0 aromatic carbocycles. The van der Waals surface area contributed by atoms with Gasteiger partial charge >= 0.3 is 0 Å². The van der Waals surface area contributed by atoms with Crippen LogP contribution in [0.4, 0.5) is 4.39 Å². The lowest BCUT2D eigenvalue weighted by molar-refractivity contribution is 0.315. The maximum absolute atomic E-state index is 13.3. The molecule has 90 valence electrons. The Hall–Kier alpha value is -1.00. The summed E-state index contributed by atoms with van der Waals surface area (Å²) in [6.07, 6.45) is 2.88. The second-order valence-electron chi connectivity index (χ2n) is 4.31. The molecule has 0 bridgehead atoms. The molecule has 3 nitrogen and oxygen atoms in total. The van der Waals surface area contributed by atoms with Crippen LogP contribution in [-0.4, -0.2) is 36.1 Å². The summed E-state index contributed by atoms with van der Waals surface area (Å²) in [6, 6.07) is 2.22. The summed E-state index contributed by atoms with van der Waals surface area (Å²) in [5.41, 5.74) is 0.696. The van der Waals surface area contributed by atoms with Crippen LogP contribution in [0.25, 0.3) is 0 Å². The average Bonchev–Trinajstić information content (AvgIpc) is 2.21. The van der Waals surface area contributed by atoms with Gasteiger partial charge in [-0.05, 0) is 13.1 Å². The third-order valence-electron chi connectivity index (χ3n) is 2.34. The summed E-state index contributed by atoms with van der Waals surface area (Å²) in [5, 5.41) is 3.33. The van der Waals surface area contributed by atoms with Crippen molar-refractivity contribution in [3.8, 4) is 0 Å². The first kappa shape index (κ1) is 13.1. The van der Waals surface area contributed by atoms with E-state index in [2.05, 4.69) is 29.0 Å². The Morgan fingerprint density at radius 3 is 2.88 bits per heavy atom. The maximum Gasteiger partial charge on any atom is 0.145 e. The topological polar surface area (TPSA) is 28.2 Å². The monoisotopic (exact) mass is 225 g/mol. The largest absolute Gasteiger partial charge is 0.313 e. The number of hydrogen-bond acceptors (Lipinski definition) is 3. The van der Waals surface area contributed by atoms with E-state index in [-0.39, 0.29) is 5.82 Å². The molecule has 1 heterocycles. The zero-order valence-electron chi connectivity index (χ0n) is 10.2. The molecule has 1 N–H and O–H groups in total. The fourth-order valence-electron chi connectivity index (χ4n) is 1.45. The number of rotatable bonds is 6. The van der Waals surface area contributed by atoms with Crippen LogP contribution >= 0.6 is 0 Å². The molecule has 16 heavy (non-hydrogen) atoms. The van der Waals surface area contributed by atoms with Crippen molar-refractivity contribution in [3.05, 3.63) is 29.8 Å². The molecule has 0 aliphatic carbocycles. The molecule has 1 aromatic heterocycles. The highest BCUT2D eigenvalue weighted by Gasteiger charge is 2.05. The van der Waals surface area contributed by atoms with E-state index in [1.807, 2.05) is 7.05 Å². The van der Waals surface area contributed by atoms with Gasteiger partial charge in [0.25, 0.3) is 0 Å². The Morgan fingerprint density at radius 2 is 2.25 bits per heavy atom. The second-order valence-corrected chi connectivity index (χ2v) is 4.31. The molecular formula is C12H20FN3. The first-order chi connectivity index (χ1) is 7.59. The minimum Gasteiger partial charge on any atom is -0.313 e. The third-order valence-corrected chi connectivity index (χ3v) is 2.34. The number of halogens is 1. The van der Waals surface area contributed by atoms with Crippen molar-refractivity contribution >= 4 is 0 Å². The van der Waals surface area contributed by atoms with Crippen LogP contribution in [0.2, 0.25) is 0 Å². The van der Waals surface area contributed by atoms with Gasteiger partial charge in [0, 0.05) is 37.4 Å². The summed E-state index contributed by atoms with van der Waals surface area (Å²) in [4.78, 5) is 5.82. The van der Waals surface area contributed by atoms with Crippen LogP contribution in [0.1, 0.15) is 19.4 Å². The molecule has 0 unspecified atom stereocenters. The lowest BCUT2D eigenvalue weighted by Gasteiger charge is -2.18. The van der Waals surface area contributed by atoms with Crippen molar-refractivity contribution in [1.82, 2.24) is 15.2 Å². The summed E-state index contributed by atoms with van der Waals surface area (Å²) in [5.74, 6) is -0.230. The number of hydrogen-bond donors (Lipinski definition) is 1. The number of aromatic nitrogens is 1. The van der Waals surface area contributed by atoms with Crippen LogP contribution in [0, 0.1) is 5.82 Å². The van der Waals surface area contributed by atoms with E-state index in [4.69, 9.17) is 0 Å².